The standard InChI is InChI=1S/C23H23N3O3S/c1-14-20(15(2)29-26-14)13-30-21-9-4-3-8-19(21)23(28)25-18-7-5-6-17(12-18)24-22(27)16-10-11-16/h3-9,12,16H,10-11,13H2,1-2H3,(H,24,27)(H,25,28). The maximum absolute atomic E-state index is 12.9. The molecule has 7 heteroatoms. The molecule has 1 saturated carbocycles. The summed E-state index contributed by atoms with van der Waals surface area (Å²) in [5, 5.41) is 9.83. The van der Waals surface area contributed by atoms with Crippen LogP contribution in [0.4, 0.5) is 11.4 Å². The van der Waals surface area contributed by atoms with Crippen molar-refractivity contribution in [3.8, 4) is 0 Å². The summed E-state index contributed by atoms with van der Waals surface area (Å²) >= 11 is 1.58. The van der Waals surface area contributed by atoms with Crippen LogP contribution in [0, 0.1) is 19.8 Å². The molecule has 6 nitrogen and oxygen atoms in total. The molecule has 3 aromatic rings. The van der Waals surface area contributed by atoms with Crippen LogP contribution in [0.3, 0.4) is 0 Å². The topological polar surface area (TPSA) is 84.2 Å². The zero-order valence-electron chi connectivity index (χ0n) is 16.9. The SMILES string of the molecule is Cc1noc(C)c1CSc1ccccc1C(=O)Nc1cccc(NC(=O)C2CC2)c1. The van der Waals surface area contributed by atoms with Crippen molar-refractivity contribution < 1.29 is 14.1 Å². The van der Waals surface area contributed by atoms with Gasteiger partial charge >= 0.3 is 0 Å². The summed E-state index contributed by atoms with van der Waals surface area (Å²) in [6.45, 7) is 3.81. The number of anilines is 2. The molecule has 2 aromatic carbocycles. The van der Waals surface area contributed by atoms with E-state index in [1.165, 1.54) is 0 Å². The number of nitrogens with zero attached hydrogens (tertiary/aromatic N) is 1. The van der Waals surface area contributed by atoms with E-state index in [0.717, 1.165) is 34.8 Å². The van der Waals surface area contributed by atoms with Crippen LogP contribution >= 0.6 is 11.8 Å². The Labute approximate surface area is 179 Å². The Kier molecular flexibility index (Phi) is 5.90. The van der Waals surface area contributed by atoms with E-state index in [-0.39, 0.29) is 17.7 Å². The molecule has 0 saturated heterocycles. The molecule has 0 atom stereocenters. The molecule has 2 amide bonds. The summed E-state index contributed by atoms with van der Waals surface area (Å²) in [6, 6.07) is 14.7. The van der Waals surface area contributed by atoms with Gasteiger partial charge in [0.25, 0.3) is 5.91 Å². The van der Waals surface area contributed by atoms with Crippen LogP contribution in [0.1, 0.15) is 40.2 Å². The number of carbonyl (C=O) groups is 2. The first-order valence-corrected chi connectivity index (χ1v) is 10.9. The van der Waals surface area contributed by atoms with Gasteiger partial charge < -0.3 is 15.2 Å². The van der Waals surface area contributed by atoms with E-state index in [2.05, 4.69) is 15.8 Å². The van der Waals surface area contributed by atoms with Crippen LogP contribution in [0.15, 0.2) is 57.9 Å². The highest BCUT2D eigenvalue weighted by Crippen LogP contribution is 2.31. The highest BCUT2D eigenvalue weighted by molar-refractivity contribution is 7.98. The molecule has 0 radical (unpaired) electrons. The van der Waals surface area contributed by atoms with Gasteiger partial charge in [-0.3, -0.25) is 9.59 Å². The Bertz CT molecular complexity index is 1070. The number of nitrogens with one attached hydrogen (secondary N) is 2. The number of carbonyl (C=O) groups excluding carboxylic acids is 2. The minimum Gasteiger partial charge on any atom is -0.361 e. The Hall–Kier alpha value is -3.06. The first-order valence-electron chi connectivity index (χ1n) is 9.87. The third-order valence-corrected chi connectivity index (χ3v) is 6.12. The van der Waals surface area contributed by atoms with Crippen molar-refractivity contribution in [3.63, 3.8) is 0 Å². The summed E-state index contributed by atoms with van der Waals surface area (Å²) in [7, 11) is 0. The van der Waals surface area contributed by atoms with Crippen LogP contribution in [-0.4, -0.2) is 17.0 Å². The molecule has 1 aromatic heterocycles. The van der Waals surface area contributed by atoms with Crippen molar-refractivity contribution in [2.75, 3.05) is 10.6 Å². The molecule has 1 aliphatic carbocycles. The molecule has 0 bridgehead atoms. The van der Waals surface area contributed by atoms with E-state index in [0.29, 0.717) is 22.7 Å². The summed E-state index contributed by atoms with van der Waals surface area (Å²) in [4.78, 5) is 25.8. The third kappa shape index (κ3) is 4.74. The molecule has 154 valence electrons. The Morgan fingerprint density at radius 3 is 2.50 bits per heavy atom. The summed E-state index contributed by atoms with van der Waals surface area (Å²) in [5.41, 5.74) is 3.84. The van der Waals surface area contributed by atoms with Gasteiger partial charge in [-0.05, 0) is 57.0 Å². The van der Waals surface area contributed by atoms with Gasteiger partial charge in [0.05, 0.1) is 11.3 Å². The van der Waals surface area contributed by atoms with Gasteiger partial charge in [-0.25, -0.2) is 0 Å². The smallest absolute Gasteiger partial charge is 0.256 e. The van der Waals surface area contributed by atoms with Gasteiger partial charge in [0.15, 0.2) is 0 Å². The van der Waals surface area contributed by atoms with Crippen molar-refractivity contribution in [1.82, 2.24) is 5.16 Å². The number of rotatable bonds is 7. The molecule has 0 unspecified atom stereocenters. The van der Waals surface area contributed by atoms with Crippen LogP contribution in [0.2, 0.25) is 0 Å². The first-order chi connectivity index (χ1) is 14.5. The second kappa shape index (κ2) is 8.75. The van der Waals surface area contributed by atoms with Gasteiger partial charge in [0.1, 0.15) is 5.76 Å². The number of aryl methyl sites for hydroxylation is 2. The highest BCUT2D eigenvalue weighted by Gasteiger charge is 2.29. The minimum atomic E-state index is -0.192. The van der Waals surface area contributed by atoms with E-state index in [9.17, 15) is 9.59 Å². The van der Waals surface area contributed by atoms with Crippen molar-refractivity contribution in [3.05, 3.63) is 71.1 Å². The molecule has 1 aliphatic rings. The number of hydrogen-bond acceptors (Lipinski definition) is 5. The van der Waals surface area contributed by atoms with Crippen molar-refractivity contribution in [1.29, 1.82) is 0 Å². The van der Waals surface area contributed by atoms with Gasteiger partial charge in [-0.15, -0.1) is 11.8 Å². The summed E-state index contributed by atoms with van der Waals surface area (Å²) in [6.07, 6.45) is 1.90. The predicted molar refractivity (Wildman–Crippen MR) is 118 cm³/mol. The Balaban J connectivity index is 1.45. The molecule has 1 heterocycles. The fraction of sp³-hybridized carbons (Fsp3) is 0.261. The predicted octanol–water partition coefficient (Wildman–Crippen LogP) is 5.18. The van der Waals surface area contributed by atoms with E-state index >= 15 is 0 Å². The van der Waals surface area contributed by atoms with Crippen LogP contribution in [0.25, 0.3) is 0 Å². The molecular weight excluding hydrogens is 398 g/mol. The van der Waals surface area contributed by atoms with Gasteiger partial charge in [-0.2, -0.15) is 0 Å². The summed E-state index contributed by atoms with van der Waals surface area (Å²) < 4.78 is 5.23. The van der Waals surface area contributed by atoms with Crippen molar-refractivity contribution in [2.45, 2.75) is 37.3 Å². The maximum Gasteiger partial charge on any atom is 0.256 e. The lowest BCUT2D eigenvalue weighted by atomic mass is 10.2. The van der Waals surface area contributed by atoms with Crippen molar-refractivity contribution >= 4 is 35.0 Å². The fourth-order valence-corrected chi connectivity index (χ4v) is 4.30. The van der Waals surface area contributed by atoms with Crippen LogP contribution in [0.5, 0.6) is 0 Å². The second-order valence-corrected chi connectivity index (χ2v) is 8.40. The Morgan fingerprint density at radius 2 is 1.80 bits per heavy atom. The summed E-state index contributed by atoms with van der Waals surface area (Å²) in [5.74, 6) is 1.45. The van der Waals surface area contributed by atoms with E-state index < -0.39 is 0 Å². The first kappa shape index (κ1) is 20.2. The molecule has 1 fully saturated rings. The minimum absolute atomic E-state index is 0.0412. The molecule has 30 heavy (non-hydrogen) atoms. The van der Waals surface area contributed by atoms with Crippen molar-refractivity contribution in [2.24, 2.45) is 5.92 Å². The number of amides is 2. The normalized spacial score (nSPS) is 13.1. The lowest BCUT2D eigenvalue weighted by Crippen LogP contribution is -2.15. The lowest BCUT2D eigenvalue weighted by Gasteiger charge is -2.11. The molecular formula is C23H23N3O3S. The van der Waals surface area contributed by atoms with Crippen LogP contribution in [-0.2, 0) is 10.5 Å². The zero-order valence-corrected chi connectivity index (χ0v) is 17.7. The Morgan fingerprint density at radius 1 is 1.07 bits per heavy atom. The maximum atomic E-state index is 12.9. The number of benzene rings is 2. The number of aromatic nitrogens is 1. The van der Waals surface area contributed by atoms with Gasteiger partial charge in [-0.1, -0.05) is 23.4 Å². The fourth-order valence-electron chi connectivity index (χ4n) is 3.10. The monoisotopic (exact) mass is 421 g/mol. The second-order valence-electron chi connectivity index (χ2n) is 7.39. The van der Waals surface area contributed by atoms with E-state index in [1.54, 1.807) is 17.8 Å². The molecule has 0 aliphatic heterocycles. The lowest BCUT2D eigenvalue weighted by molar-refractivity contribution is -0.117. The largest absolute Gasteiger partial charge is 0.361 e. The molecule has 4 rings (SSSR count). The average molecular weight is 422 g/mol. The van der Waals surface area contributed by atoms with Gasteiger partial charge in [0.2, 0.25) is 5.91 Å². The number of hydrogen-bond donors (Lipinski definition) is 2. The third-order valence-electron chi connectivity index (χ3n) is 5.02. The highest BCUT2D eigenvalue weighted by atomic mass is 32.2. The van der Waals surface area contributed by atoms with Gasteiger partial charge in [0, 0.05) is 33.5 Å². The molecule has 2 N–H and O–H groups in total. The van der Waals surface area contributed by atoms with Crippen LogP contribution < -0.4 is 10.6 Å². The van der Waals surface area contributed by atoms with E-state index in [4.69, 9.17) is 4.52 Å². The molecule has 0 spiro atoms. The number of thioether (sulfide) groups is 1. The van der Waals surface area contributed by atoms with E-state index in [1.807, 2.05) is 56.3 Å². The zero-order chi connectivity index (χ0) is 21.1. The average Bonchev–Trinajstić information content (AvgIpc) is 3.54. The quantitative estimate of drug-likeness (QED) is 0.513.